The van der Waals surface area contributed by atoms with E-state index in [2.05, 4.69) is 20.6 Å². The van der Waals surface area contributed by atoms with Gasteiger partial charge in [0, 0.05) is 29.4 Å². The van der Waals surface area contributed by atoms with Crippen LogP contribution in [0.15, 0.2) is 53.8 Å². The molecule has 1 heterocycles. The van der Waals surface area contributed by atoms with Gasteiger partial charge in [0.15, 0.2) is 10.9 Å². The number of nitrogens with zero attached hydrogens (tertiary/aromatic N) is 2. The van der Waals surface area contributed by atoms with E-state index in [9.17, 15) is 9.59 Å². The lowest BCUT2D eigenvalue weighted by Crippen LogP contribution is -2.27. The summed E-state index contributed by atoms with van der Waals surface area (Å²) in [7, 11) is 0. The number of benzene rings is 2. The van der Waals surface area contributed by atoms with Gasteiger partial charge < -0.3 is 10.6 Å². The smallest absolute Gasteiger partial charge is 0.271 e. The first kappa shape index (κ1) is 25.0. The van der Waals surface area contributed by atoms with E-state index in [0.717, 1.165) is 16.8 Å². The molecule has 1 aromatic heterocycles. The molecular weight excluding hydrogens is 479 g/mol. The highest BCUT2D eigenvalue weighted by Gasteiger charge is 2.15. The van der Waals surface area contributed by atoms with E-state index in [1.807, 2.05) is 56.3 Å². The molecule has 2 N–H and O–H groups in total. The number of aryl methyl sites for hydroxylation is 2. The molecule has 2 aromatic carbocycles. The number of hydrogen-bond donors (Lipinski definition) is 2. The predicted molar refractivity (Wildman–Crippen MR) is 134 cm³/mol. The zero-order valence-electron chi connectivity index (χ0n) is 18.3. The van der Waals surface area contributed by atoms with E-state index in [4.69, 9.17) is 23.2 Å². The first-order chi connectivity index (χ1) is 15.8. The topological polar surface area (TPSA) is 84.0 Å². The maximum atomic E-state index is 12.5. The first-order valence-electron chi connectivity index (χ1n) is 10.4. The van der Waals surface area contributed by atoms with Gasteiger partial charge in [0.05, 0.1) is 11.2 Å². The van der Waals surface area contributed by atoms with E-state index in [-0.39, 0.29) is 23.0 Å². The highest BCUT2D eigenvalue weighted by molar-refractivity contribution is 7.98. The van der Waals surface area contributed by atoms with Crippen LogP contribution in [0.5, 0.6) is 0 Å². The van der Waals surface area contributed by atoms with E-state index in [1.54, 1.807) is 0 Å². The van der Waals surface area contributed by atoms with Gasteiger partial charge in [-0.15, -0.1) is 0 Å². The minimum atomic E-state index is -0.406. The summed E-state index contributed by atoms with van der Waals surface area (Å²) in [6.07, 6.45) is 2.18. The second-order valence-corrected chi connectivity index (χ2v) is 9.19. The van der Waals surface area contributed by atoms with Gasteiger partial charge in [0.1, 0.15) is 0 Å². The van der Waals surface area contributed by atoms with Crippen molar-refractivity contribution >= 4 is 52.5 Å². The van der Waals surface area contributed by atoms with Gasteiger partial charge in [-0.05, 0) is 55.2 Å². The molecule has 3 rings (SSSR count). The van der Waals surface area contributed by atoms with Crippen LogP contribution in [-0.2, 0) is 10.5 Å². The lowest BCUT2D eigenvalue weighted by molar-refractivity contribution is -0.116. The second-order valence-electron chi connectivity index (χ2n) is 7.44. The molecule has 33 heavy (non-hydrogen) atoms. The van der Waals surface area contributed by atoms with E-state index in [0.29, 0.717) is 28.9 Å². The number of amides is 2. The van der Waals surface area contributed by atoms with E-state index < -0.39 is 5.91 Å². The maximum Gasteiger partial charge on any atom is 0.271 e. The molecule has 0 aliphatic carbocycles. The van der Waals surface area contributed by atoms with Crippen LogP contribution in [0, 0.1) is 13.8 Å². The third-order valence-electron chi connectivity index (χ3n) is 4.91. The van der Waals surface area contributed by atoms with Gasteiger partial charge in [-0.2, -0.15) is 0 Å². The Hall–Kier alpha value is -2.61. The summed E-state index contributed by atoms with van der Waals surface area (Å²) in [4.78, 5) is 33.2. The van der Waals surface area contributed by atoms with Crippen molar-refractivity contribution < 1.29 is 9.59 Å². The molecule has 2 amide bonds. The second kappa shape index (κ2) is 12.0. The fourth-order valence-corrected chi connectivity index (χ4v) is 4.19. The largest absolute Gasteiger partial charge is 0.351 e. The first-order valence-corrected chi connectivity index (χ1v) is 12.1. The van der Waals surface area contributed by atoms with Gasteiger partial charge in [-0.1, -0.05) is 59.2 Å². The van der Waals surface area contributed by atoms with Crippen molar-refractivity contribution in [2.45, 2.75) is 37.6 Å². The minimum Gasteiger partial charge on any atom is -0.351 e. The molecular formula is C24H24Cl2N4O2S. The van der Waals surface area contributed by atoms with Crippen molar-refractivity contribution in [1.29, 1.82) is 0 Å². The number of aromatic nitrogens is 2. The Bertz CT molecular complexity index is 1160. The van der Waals surface area contributed by atoms with Gasteiger partial charge in [-0.25, -0.2) is 9.97 Å². The molecule has 3 aromatic rings. The molecule has 0 saturated carbocycles. The summed E-state index contributed by atoms with van der Waals surface area (Å²) in [5.41, 5.74) is 4.11. The average Bonchev–Trinajstić information content (AvgIpc) is 2.79. The Morgan fingerprint density at radius 1 is 1.03 bits per heavy atom. The van der Waals surface area contributed by atoms with Gasteiger partial charge in [0.25, 0.3) is 5.91 Å². The van der Waals surface area contributed by atoms with Crippen molar-refractivity contribution in [3.05, 3.63) is 81.1 Å². The number of halogens is 2. The SMILES string of the molecule is Cc1ccc(NC(=O)CCCNC(=O)c2nc(SCc3ccccc3Cl)ncc2Cl)cc1C. The normalized spacial score (nSPS) is 10.7. The van der Waals surface area contributed by atoms with E-state index in [1.165, 1.54) is 23.5 Å². The summed E-state index contributed by atoms with van der Waals surface area (Å²) in [5, 5.41) is 6.90. The molecule has 0 spiro atoms. The van der Waals surface area contributed by atoms with Crippen LogP contribution in [0.2, 0.25) is 10.0 Å². The number of carbonyl (C=O) groups is 2. The molecule has 0 radical (unpaired) electrons. The van der Waals surface area contributed by atoms with Crippen molar-refractivity contribution in [3.63, 3.8) is 0 Å². The Labute approximate surface area is 207 Å². The third-order valence-corrected chi connectivity index (χ3v) is 6.46. The van der Waals surface area contributed by atoms with Crippen molar-refractivity contribution in [1.82, 2.24) is 15.3 Å². The molecule has 0 aliphatic rings. The predicted octanol–water partition coefficient (Wildman–Crippen LogP) is 5.84. The van der Waals surface area contributed by atoms with Crippen LogP contribution in [0.1, 0.15) is 40.0 Å². The molecule has 6 nitrogen and oxygen atoms in total. The van der Waals surface area contributed by atoms with Gasteiger partial charge >= 0.3 is 0 Å². The number of nitrogens with one attached hydrogen (secondary N) is 2. The monoisotopic (exact) mass is 502 g/mol. The van der Waals surface area contributed by atoms with Crippen molar-refractivity contribution in [2.24, 2.45) is 0 Å². The van der Waals surface area contributed by atoms with Crippen molar-refractivity contribution in [2.75, 3.05) is 11.9 Å². The molecule has 172 valence electrons. The van der Waals surface area contributed by atoms with Crippen LogP contribution in [-0.4, -0.2) is 28.3 Å². The number of rotatable bonds is 9. The van der Waals surface area contributed by atoms with Crippen LogP contribution >= 0.6 is 35.0 Å². The molecule has 0 saturated heterocycles. The minimum absolute atomic E-state index is 0.105. The fraction of sp³-hybridized carbons (Fsp3) is 0.250. The van der Waals surface area contributed by atoms with Crippen LogP contribution in [0.25, 0.3) is 0 Å². The van der Waals surface area contributed by atoms with Gasteiger partial charge in [0.2, 0.25) is 5.91 Å². The highest BCUT2D eigenvalue weighted by Crippen LogP contribution is 2.25. The van der Waals surface area contributed by atoms with Crippen LogP contribution in [0.4, 0.5) is 5.69 Å². The highest BCUT2D eigenvalue weighted by atomic mass is 35.5. The standard InChI is InChI=1S/C24H24Cl2N4O2S/c1-15-9-10-18(12-16(15)2)29-21(31)8-5-11-27-23(32)22-20(26)13-28-24(30-22)33-14-17-6-3-4-7-19(17)25/h3-4,6-7,9-10,12-13H,5,8,11,14H2,1-2H3,(H,27,32)(H,29,31). The fourth-order valence-electron chi connectivity index (χ4n) is 2.91. The summed E-state index contributed by atoms with van der Waals surface area (Å²) < 4.78 is 0. The zero-order valence-corrected chi connectivity index (χ0v) is 20.7. The van der Waals surface area contributed by atoms with Crippen LogP contribution < -0.4 is 10.6 Å². The summed E-state index contributed by atoms with van der Waals surface area (Å²) in [6, 6.07) is 13.3. The maximum absolute atomic E-state index is 12.5. The number of thioether (sulfide) groups is 1. The molecule has 0 fully saturated rings. The number of anilines is 1. The van der Waals surface area contributed by atoms with Gasteiger partial charge in [-0.3, -0.25) is 9.59 Å². The average molecular weight is 503 g/mol. The molecule has 0 atom stereocenters. The lowest BCUT2D eigenvalue weighted by atomic mass is 10.1. The van der Waals surface area contributed by atoms with E-state index >= 15 is 0 Å². The van der Waals surface area contributed by atoms with Crippen molar-refractivity contribution in [3.8, 4) is 0 Å². The molecule has 0 aliphatic heterocycles. The zero-order chi connectivity index (χ0) is 23.8. The Morgan fingerprint density at radius 3 is 2.58 bits per heavy atom. The summed E-state index contributed by atoms with van der Waals surface area (Å²) in [6.45, 7) is 4.34. The molecule has 0 bridgehead atoms. The number of carbonyl (C=O) groups excluding carboxylic acids is 2. The lowest BCUT2D eigenvalue weighted by Gasteiger charge is -2.09. The third kappa shape index (κ3) is 7.45. The Morgan fingerprint density at radius 2 is 1.82 bits per heavy atom. The van der Waals surface area contributed by atoms with Crippen LogP contribution in [0.3, 0.4) is 0 Å². The molecule has 9 heteroatoms. The number of hydrogen-bond acceptors (Lipinski definition) is 5. The summed E-state index contributed by atoms with van der Waals surface area (Å²) >= 11 is 13.7. The quantitative estimate of drug-likeness (QED) is 0.218. The summed E-state index contributed by atoms with van der Waals surface area (Å²) in [5.74, 6) is 0.0558. The Balaban J connectivity index is 1.47. The molecule has 0 unspecified atom stereocenters. The Kier molecular flexibility index (Phi) is 9.11.